The van der Waals surface area contributed by atoms with Crippen molar-refractivity contribution < 1.29 is 4.79 Å². The molecule has 0 fully saturated rings. The van der Waals surface area contributed by atoms with E-state index in [9.17, 15) is 4.79 Å². The Morgan fingerprint density at radius 1 is 1.67 bits per heavy atom. The van der Waals surface area contributed by atoms with Crippen LogP contribution in [0.5, 0.6) is 0 Å². The van der Waals surface area contributed by atoms with E-state index in [1.165, 1.54) is 0 Å². The van der Waals surface area contributed by atoms with Crippen molar-refractivity contribution in [3.05, 3.63) is 23.5 Å². The first kappa shape index (κ1) is 7.24. The molecule has 1 amide bonds. The van der Waals surface area contributed by atoms with Crippen LogP contribution >= 0.6 is 0 Å². The van der Waals surface area contributed by atoms with Crippen LogP contribution in [0.15, 0.2) is 12.3 Å². The molecule has 3 N–H and O–H groups in total. The number of hydrogen-bond acceptors (Lipinski definition) is 3. The minimum absolute atomic E-state index is 0.0210. The number of amides is 1. The molecule has 0 atom stereocenters. The van der Waals surface area contributed by atoms with Gasteiger partial charge in [-0.1, -0.05) is 0 Å². The SMILES string of the molecule is NCc1nccc2c1CC(=O)N2. The van der Waals surface area contributed by atoms with Gasteiger partial charge in [0.05, 0.1) is 12.1 Å². The van der Waals surface area contributed by atoms with Crippen LogP contribution in [0.3, 0.4) is 0 Å². The van der Waals surface area contributed by atoms with E-state index in [2.05, 4.69) is 10.3 Å². The molecule has 0 saturated heterocycles. The van der Waals surface area contributed by atoms with Crippen molar-refractivity contribution in [1.82, 2.24) is 4.98 Å². The fourth-order valence-corrected chi connectivity index (χ4v) is 1.38. The monoisotopic (exact) mass is 163 g/mol. The molecule has 0 saturated carbocycles. The van der Waals surface area contributed by atoms with Gasteiger partial charge in [0, 0.05) is 24.0 Å². The van der Waals surface area contributed by atoms with Gasteiger partial charge < -0.3 is 11.1 Å². The molecule has 2 heterocycles. The van der Waals surface area contributed by atoms with Crippen LogP contribution in [0.4, 0.5) is 5.69 Å². The van der Waals surface area contributed by atoms with Gasteiger partial charge in [-0.15, -0.1) is 0 Å². The summed E-state index contributed by atoms with van der Waals surface area (Å²) >= 11 is 0. The highest BCUT2D eigenvalue weighted by Gasteiger charge is 2.20. The van der Waals surface area contributed by atoms with Crippen LogP contribution in [0.1, 0.15) is 11.3 Å². The molecular weight excluding hydrogens is 154 g/mol. The Balaban J connectivity index is 2.51. The van der Waals surface area contributed by atoms with Crippen molar-refractivity contribution in [3.63, 3.8) is 0 Å². The summed E-state index contributed by atoms with van der Waals surface area (Å²) in [4.78, 5) is 15.1. The third-order valence-electron chi connectivity index (χ3n) is 1.95. The molecule has 0 aromatic carbocycles. The maximum absolute atomic E-state index is 11.0. The smallest absolute Gasteiger partial charge is 0.228 e. The number of carbonyl (C=O) groups excluding carboxylic acids is 1. The molecule has 1 aromatic heterocycles. The number of carbonyl (C=O) groups is 1. The topological polar surface area (TPSA) is 68.0 Å². The van der Waals surface area contributed by atoms with Gasteiger partial charge in [0.15, 0.2) is 0 Å². The lowest BCUT2D eigenvalue weighted by molar-refractivity contribution is -0.115. The summed E-state index contributed by atoms with van der Waals surface area (Å²) in [6, 6.07) is 1.79. The normalized spacial score (nSPS) is 14.2. The summed E-state index contributed by atoms with van der Waals surface area (Å²) in [5.41, 5.74) is 8.08. The third kappa shape index (κ3) is 0.967. The molecule has 0 bridgehead atoms. The summed E-state index contributed by atoms with van der Waals surface area (Å²) in [5.74, 6) is 0.0210. The van der Waals surface area contributed by atoms with Crippen LogP contribution in [0.2, 0.25) is 0 Å². The Morgan fingerprint density at radius 2 is 2.50 bits per heavy atom. The number of anilines is 1. The van der Waals surface area contributed by atoms with E-state index in [0.29, 0.717) is 13.0 Å². The molecule has 0 spiro atoms. The minimum atomic E-state index is 0.0210. The first-order chi connectivity index (χ1) is 5.81. The summed E-state index contributed by atoms with van der Waals surface area (Å²) < 4.78 is 0. The largest absolute Gasteiger partial charge is 0.325 e. The van der Waals surface area contributed by atoms with Gasteiger partial charge in [-0.05, 0) is 6.07 Å². The summed E-state index contributed by atoms with van der Waals surface area (Å²) in [7, 11) is 0. The summed E-state index contributed by atoms with van der Waals surface area (Å²) in [5, 5.41) is 2.74. The quantitative estimate of drug-likeness (QED) is 0.614. The maximum Gasteiger partial charge on any atom is 0.228 e. The number of pyridine rings is 1. The molecular formula is C8H9N3O. The number of hydrogen-bond donors (Lipinski definition) is 2. The number of nitrogens with zero attached hydrogens (tertiary/aromatic N) is 1. The van der Waals surface area contributed by atoms with Crippen molar-refractivity contribution in [2.75, 3.05) is 5.32 Å². The second-order valence-electron chi connectivity index (χ2n) is 2.71. The lowest BCUT2D eigenvalue weighted by atomic mass is 10.1. The molecule has 62 valence electrons. The van der Waals surface area contributed by atoms with Crippen LogP contribution in [0.25, 0.3) is 0 Å². The number of fused-ring (bicyclic) bond motifs is 1. The van der Waals surface area contributed by atoms with E-state index < -0.39 is 0 Å². The fraction of sp³-hybridized carbons (Fsp3) is 0.250. The summed E-state index contributed by atoms with van der Waals surface area (Å²) in [6.07, 6.45) is 2.07. The molecule has 0 unspecified atom stereocenters. The lowest BCUT2D eigenvalue weighted by Gasteiger charge is -2.01. The average molecular weight is 163 g/mol. The van der Waals surface area contributed by atoms with E-state index >= 15 is 0 Å². The van der Waals surface area contributed by atoms with Gasteiger partial charge >= 0.3 is 0 Å². The predicted molar refractivity (Wildman–Crippen MR) is 44.5 cm³/mol. The van der Waals surface area contributed by atoms with Gasteiger partial charge in [0.2, 0.25) is 5.91 Å². The highest BCUT2D eigenvalue weighted by molar-refractivity contribution is 5.99. The first-order valence-corrected chi connectivity index (χ1v) is 3.78. The van der Waals surface area contributed by atoms with Crippen LogP contribution in [-0.4, -0.2) is 10.9 Å². The Hall–Kier alpha value is -1.42. The molecule has 0 radical (unpaired) electrons. The predicted octanol–water partition coefficient (Wildman–Crippen LogP) is 0.0349. The second kappa shape index (κ2) is 2.57. The molecule has 1 aliphatic heterocycles. The molecule has 1 aliphatic rings. The molecule has 2 rings (SSSR count). The average Bonchev–Trinajstić information content (AvgIpc) is 2.44. The van der Waals surface area contributed by atoms with Crippen molar-refractivity contribution in [1.29, 1.82) is 0 Å². The van der Waals surface area contributed by atoms with E-state index in [0.717, 1.165) is 16.9 Å². The first-order valence-electron chi connectivity index (χ1n) is 3.78. The van der Waals surface area contributed by atoms with Crippen molar-refractivity contribution in [3.8, 4) is 0 Å². The number of nitrogens with two attached hydrogens (primary N) is 1. The third-order valence-corrected chi connectivity index (χ3v) is 1.95. The van der Waals surface area contributed by atoms with E-state index in [1.807, 2.05) is 0 Å². The maximum atomic E-state index is 11.0. The second-order valence-corrected chi connectivity index (χ2v) is 2.71. The van der Waals surface area contributed by atoms with Gasteiger partial charge in [-0.2, -0.15) is 0 Å². The molecule has 0 aliphatic carbocycles. The van der Waals surface area contributed by atoms with Crippen LogP contribution < -0.4 is 11.1 Å². The van der Waals surface area contributed by atoms with E-state index in [1.54, 1.807) is 12.3 Å². The molecule has 4 nitrogen and oxygen atoms in total. The zero-order valence-corrected chi connectivity index (χ0v) is 6.50. The Kier molecular flexibility index (Phi) is 1.55. The highest BCUT2D eigenvalue weighted by Crippen LogP contribution is 2.23. The fourth-order valence-electron chi connectivity index (χ4n) is 1.38. The minimum Gasteiger partial charge on any atom is -0.325 e. The zero-order chi connectivity index (χ0) is 8.55. The van der Waals surface area contributed by atoms with Gasteiger partial charge in [-0.25, -0.2) is 0 Å². The number of rotatable bonds is 1. The van der Waals surface area contributed by atoms with E-state index in [-0.39, 0.29) is 5.91 Å². The number of aromatic nitrogens is 1. The lowest BCUT2D eigenvalue weighted by Crippen LogP contribution is -2.04. The Labute approximate surface area is 69.8 Å². The van der Waals surface area contributed by atoms with Crippen molar-refractivity contribution >= 4 is 11.6 Å². The Bertz CT molecular complexity index is 335. The van der Waals surface area contributed by atoms with Crippen molar-refractivity contribution in [2.24, 2.45) is 5.73 Å². The van der Waals surface area contributed by atoms with Gasteiger partial charge in [-0.3, -0.25) is 9.78 Å². The molecule has 4 heteroatoms. The van der Waals surface area contributed by atoms with E-state index in [4.69, 9.17) is 5.73 Å². The standard InChI is InChI=1S/C8H9N3O/c9-4-7-5-3-8(12)11-6(5)1-2-10-7/h1-2H,3-4,9H2,(H,11,12). The van der Waals surface area contributed by atoms with Gasteiger partial charge in [0.25, 0.3) is 0 Å². The zero-order valence-electron chi connectivity index (χ0n) is 6.50. The Morgan fingerprint density at radius 3 is 3.25 bits per heavy atom. The van der Waals surface area contributed by atoms with Gasteiger partial charge in [0.1, 0.15) is 0 Å². The van der Waals surface area contributed by atoms with Crippen LogP contribution in [0, 0.1) is 0 Å². The molecule has 1 aromatic rings. The van der Waals surface area contributed by atoms with Crippen LogP contribution in [-0.2, 0) is 17.8 Å². The number of nitrogens with one attached hydrogen (secondary N) is 1. The highest BCUT2D eigenvalue weighted by atomic mass is 16.1. The summed E-state index contributed by atoms with van der Waals surface area (Å²) in [6.45, 7) is 0.387. The van der Waals surface area contributed by atoms with Crippen molar-refractivity contribution in [2.45, 2.75) is 13.0 Å². The molecule has 12 heavy (non-hydrogen) atoms.